The van der Waals surface area contributed by atoms with E-state index < -0.39 is 0 Å². The number of aromatic nitrogens is 1. The Morgan fingerprint density at radius 1 is 1.41 bits per heavy atom. The van der Waals surface area contributed by atoms with Crippen LogP contribution in [0.5, 0.6) is 0 Å². The average Bonchev–Trinajstić information content (AvgIpc) is 2.60. The molecule has 0 saturated carbocycles. The summed E-state index contributed by atoms with van der Waals surface area (Å²) in [6, 6.07) is 8.05. The molecule has 0 saturated heterocycles. The molecule has 3 N–H and O–H groups in total. The molecule has 1 heterocycles. The van der Waals surface area contributed by atoms with E-state index in [-0.39, 0.29) is 11.9 Å². The number of hydrogen-bond acceptors (Lipinski definition) is 3. The first kappa shape index (κ1) is 19.2. The molecule has 142 valence electrons. The lowest BCUT2D eigenvalue weighted by atomic mass is 9.77. The maximum Gasteiger partial charge on any atom is 0.253 e. The molecule has 1 atom stereocenters. The Bertz CT molecular complexity index is 911. The van der Waals surface area contributed by atoms with Crippen LogP contribution in [0, 0.1) is 5.41 Å². The van der Waals surface area contributed by atoms with E-state index >= 15 is 0 Å². The van der Waals surface area contributed by atoms with E-state index in [1.165, 1.54) is 17.6 Å². The molecule has 2 aromatic rings. The fraction of sp³-hybridized carbons (Fsp3) is 0.391. The van der Waals surface area contributed by atoms with Gasteiger partial charge >= 0.3 is 0 Å². The summed E-state index contributed by atoms with van der Waals surface area (Å²) in [7, 11) is 0. The highest BCUT2D eigenvalue weighted by atomic mass is 16.1. The Morgan fingerprint density at radius 2 is 2.19 bits per heavy atom. The quantitative estimate of drug-likeness (QED) is 0.801. The van der Waals surface area contributed by atoms with Crippen LogP contribution in [0.1, 0.15) is 62.4 Å². The second-order valence-corrected chi connectivity index (χ2v) is 8.44. The van der Waals surface area contributed by atoms with Gasteiger partial charge in [-0.3, -0.25) is 9.78 Å². The first-order chi connectivity index (χ1) is 12.7. The Labute approximate surface area is 161 Å². The van der Waals surface area contributed by atoms with Crippen LogP contribution in [0.25, 0.3) is 16.5 Å². The second-order valence-electron chi connectivity index (χ2n) is 8.44. The topological polar surface area (TPSA) is 68.0 Å². The van der Waals surface area contributed by atoms with Crippen molar-refractivity contribution in [2.24, 2.45) is 11.1 Å². The number of carbonyl (C=O) groups is 1. The molecular weight excluding hydrogens is 334 g/mol. The van der Waals surface area contributed by atoms with Crippen LogP contribution in [-0.4, -0.2) is 16.9 Å². The largest absolute Gasteiger partial charge is 0.402 e. The third kappa shape index (κ3) is 4.57. The fourth-order valence-electron chi connectivity index (χ4n) is 3.62. The monoisotopic (exact) mass is 363 g/mol. The molecule has 0 bridgehead atoms. The van der Waals surface area contributed by atoms with Gasteiger partial charge < -0.3 is 11.1 Å². The standard InChI is InChI=1S/C23H29N3O/c1-15(24)12-16(2)26-22(27)19-13-18-6-5-7-20(21(18)25-14-19)17-8-10-23(3,4)11-9-17/h5-8,13-14,16H,1,9-12,24H2,2-4H3,(H,26,27)/t16-/m1/s1. The number of hydrogen-bond donors (Lipinski definition) is 2. The highest BCUT2D eigenvalue weighted by Gasteiger charge is 2.23. The Balaban J connectivity index is 1.86. The molecule has 0 radical (unpaired) electrons. The normalized spacial score (nSPS) is 17.2. The summed E-state index contributed by atoms with van der Waals surface area (Å²) in [5.74, 6) is -0.137. The van der Waals surface area contributed by atoms with E-state index in [0.29, 0.717) is 23.1 Å². The summed E-state index contributed by atoms with van der Waals surface area (Å²) in [5, 5.41) is 3.94. The molecule has 3 rings (SSSR count). The van der Waals surface area contributed by atoms with Crippen molar-refractivity contribution in [2.45, 2.75) is 52.5 Å². The molecule has 1 aromatic carbocycles. The summed E-state index contributed by atoms with van der Waals surface area (Å²) in [4.78, 5) is 17.1. The van der Waals surface area contributed by atoms with Gasteiger partial charge in [-0.15, -0.1) is 0 Å². The van der Waals surface area contributed by atoms with Crippen LogP contribution in [0.2, 0.25) is 0 Å². The summed E-state index contributed by atoms with van der Waals surface area (Å²) >= 11 is 0. The minimum absolute atomic E-state index is 0.0622. The molecule has 1 aliphatic rings. The molecule has 1 amide bonds. The van der Waals surface area contributed by atoms with Crippen LogP contribution in [0.15, 0.2) is 48.8 Å². The van der Waals surface area contributed by atoms with E-state index in [0.717, 1.165) is 23.7 Å². The van der Waals surface area contributed by atoms with Crippen molar-refractivity contribution in [2.75, 3.05) is 0 Å². The van der Waals surface area contributed by atoms with Crippen LogP contribution in [0.4, 0.5) is 0 Å². The highest BCUT2D eigenvalue weighted by Crippen LogP contribution is 2.39. The molecule has 4 heteroatoms. The fourth-order valence-corrected chi connectivity index (χ4v) is 3.62. The predicted octanol–water partition coefficient (Wildman–Crippen LogP) is 4.81. The molecule has 1 aromatic heterocycles. The lowest BCUT2D eigenvalue weighted by Gasteiger charge is -2.29. The number of nitrogens with one attached hydrogen (secondary N) is 1. The van der Waals surface area contributed by atoms with Gasteiger partial charge in [-0.25, -0.2) is 0 Å². The Kier molecular flexibility index (Phi) is 5.36. The van der Waals surface area contributed by atoms with Crippen LogP contribution < -0.4 is 11.1 Å². The van der Waals surface area contributed by atoms with Crippen LogP contribution in [-0.2, 0) is 0 Å². The lowest BCUT2D eigenvalue weighted by molar-refractivity contribution is 0.0940. The zero-order chi connectivity index (χ0) is 19.6. The van der Waals surface area contributed by atoms with Crippen molar-refractivity contribution >= 4 is 22.4 Å². The van der Waals surface area contributed by atoms with Gasteiger partial charge in [0.15, 0.2) is 0 Å². The SMILES string of the molecule is C=C(N)C[C@@H](C)NC(=O)c1cnc2c(C3=CCC(C)(C)CC3)cccc2c1. The summed E-state index contributed by atoms with van der Waals surface area (Å²) in [5.41, 5.74) is 10.6. The van der Waals surface area contributed by atoms with Gasteiger partial charge in [-0.1, -0.05) is 44.7 Å². The Morgan fingerprint density at radius 3 is 2.85 bits per heavy atom. The molecule has 0 fully saturated rings. The molecule has 27 heavy (non-hydrogen) atoms. The summed E-state index contributed by atoms with van der Waals surface area (Å²) in [6.07, 6.45) is 7.90. The van der Waals surface area contributed by atoms with Crippen molar-refractivity contribution in [3.05, 3.63) is 59.9 Å². The number of nitrogens with zero attached hydrogens (tertiary/aromatic N) is 1. The van der Waals surface area contributed by atoms with Crippen molar-refractivity contribution in [1.29, 1.82) is 0 Å². The maximum absolute atomic E-state index is 12.5. The molecule has 4 nitrogen and oxygen atoms in total. The number of amides is 1. The van der Waals surface area contributed by atoms with Gasteiger partial charge in [0.05, 0.1) is 11.1 Å². The number of allylic oxidation sites excluding steroid dienone is 2. The number of carbonyl (C=O) groups excluding carboxylic acids is 1. The van der Waals surface area contributed by atoms with Gasteiger partial charge in [0.2, 0.25) is 0 Å². The van der Waals surface area contributed by atoms with Crippen molar-refractivity contribution in [1.82, 2.24) is 10.3 Å². The molecule has 0 spiro atoms. The van der Waals surface area contributed by atoms with Crippen molar-refractivity contribution in [3.8, 4) is 0 Å². The molecule has 0 aliphatic heterocycles. The highest BCUT2D eigenvalue weighted by molar-refractivity contribution is 5.99. The maximum atomic E-state index is 12.5. The molecular formula is C23H29N3O. The van der Waals surface area contributed by atoms with Crippen molar-refractivity contribution in [3.63, 3.8) is 0 Å². The Hall–Kier alpha value is -2.62. The minimum atomic E-state index is -0.137. The second kappa shape index (κ2) is 7.55. The van der Waals surface area contributed by atoms with Crippen LogP contribution in [0.3, 0.4) is 0 Å². The third-order valence-corrected chi connectivity index (χ3v) is 5.24. The first-order valence-corrected chi connectivity index (χ1v) is 9.57. The minimum Gasteiger partial charge on any atom is -0.402 e. The van der Waals surface area contributed by atoms with Gasteiger partial charge in [0.1, 0.15) is 0 Å². The molecule has 1 aliphatic carbocycles. The van der Waals surface area contributed by atoms with Gasteiger partial charge in [-0.2, -0.15) is 0 Å². The summed E-state index contributed by atoms with van der Waals surface area (Å²) < 4.78 is 0. The average molecular weight is 364 g/mol. The molecule has 0 unspecified atom stereocenters. The van der Waals surface area contributed by atoms with Gasteiger partial charge in [0.25, 0.3) is 5.91 Å². The smallest absolute Gasteiger partial charge is 0.253 e. The van der Waals surface area contributed by atoms with Crippen molar-refractivity contribution < 1.29 is 4.79 Å². The van der Waals surface area contributed by atoms with E-state index in [4.69, 9.17) is 5.73 Å². The van der Waals surface area contributed by atoms with E-state index in [1.54, 1.807) is 6.20 Å². The van der Waals surface area contributed by atoms with E-state index in [2.05, 4.69) is 42.9 Å². The van der Waals surface area contributed by atoms with E-state index in [1.807, 2.05) is 25.1 Å². The number of fused-ring (bicyclic) bond motifs is 1. The zero-order valence-corrected chi connectivity index (χ0v) is 16.5. The number of pyridine rings is 1. The number of nitrogens with two attached hydrogens (primary N) is 1. The van der Waals surface area contributed by atoms with Crippen LogP contribution >= 0.6 is 0 Å². The van der Waals surface area contributed by atoms with Gasteiger partial charge in [-0.05, 0) is 43.2 Å². The van der Waals surface area contributed by atoms with E-state index in [9.17, 15) is 4.79 Å². The summed E-state index contributed by atoms with van der Waals surface area (Å²) in [6.45, 7) is 10.2. The number of benzene rings is 1. The zero-order valence-electron chi connectivity index (χ0n) is 16.5. The predicted molar refractivity (Wildman–Crippen MR) is 112 cm³/mol. The number of para-hydroxylation sites is 1. The third-order valence-electron chi connectivity index (χ3n) is 5.24. The first-order valence-electron chi connectivity index (χ1n) is 9.57. The number of rotatable bonds is 5. The van der Waals surface area contributed by atoms with Gasteiger partial charge in [0, 0.05) is 35.3 Å². The lowest BCUT2D eigenvalue weighted by Crippen LogP contribution is -2.33.